The van der Waals surface area contributed by atoms with Gasteiger partial charge in [-0.1, -0.05) is 37.2 Å². The molecule has 1 heterocycles. The summed E-state index contributed by atoms with van der Waals surface area (Å²) in [5, 5.41) is 4.13. The minimum atomic E-state index is -0.418. The van der Waals surface area contributed by atoms with Crippen LogP contribution in [0.2, 0.25) is 0 Å². The van der Waals surface area contributed by atoms with Crippen molar-refractivity contribution in [3.05, 3.63) is 86.9 Å². The molecule has 2 aromatic carbocycles. The molecule has 49 heavy (non-hydrogen) atoms. The lowest BCUT2D eigenvalue weighted by Gasteiger charge is -2.18. The summed E-state index contributed by atoms with van der Waals surface area (Å²) in [5.41, 5.74) is 11.0. The van der Waals surface area contributed by atoms with Gasteiger partial charge in [0.15, 0.2) is 5.43 Å². The minimum Gasteiger partial charge on any atom is -0.493 e. The smallest absolute Gasteiger partial charge is 0.338 e. The standard InChI is InChI=1S/C37H43N3O9/c1-26(2)25-48-37(43)31-10-4-3-9-30(31)36-32-13-11-28(42)23-34(32)49-35-24-29(12-14-33(35)36)47-17-6-8-27(41)7-5-16-44-19-21-46-22-20-45-18-15-39-40-38/h3-4,9-14,23-24,26H,5-8,15-22,25H2,1-2H3. The van der Waals surface area contributed by atoms with Crippen LogP contribution in [-0.4, -0.2) is 71.2 Å². The molecule has 0 saturated carbocycles. The summed E-state index contributed by atoms with van der Waals surface area (Å²) < 4.78 is 33.9. The molecule has 0 saturated heterocycles. The van der Waals surface area contributed by atoms with Crippen molar-refractivity contribution in [3.8, 4) is 28.2 Å². The highest BCUT2D eigenvalue weighted by Crippen LogP contribution is 2.42. The van der Waals surface area contributed by atoms with Crippen molar-refractivity contribution in [1.29, 1.82) is 0 Å². The molecule has 0 unspecified atom stereocenters. The first-order chi connectivity index (χ1) is 23.9. The number of rotatable bonds is 22. The van der Waals surface area contributed by atoms with Crippen molar-refractivity contribution in [2.45, 2.75) is 39.5 Å². The maximum atomic E-state index is 13.1. The van der Waals surface area contributed by atoms with Crippen LogP contribution in [0.15, 0.2) is 75.0 Å². The summed E-state index contributed by atoms with van der Waals surface area (Å²) >= 11 is 0. The maximum Gasteiger partial charge on any atom is 0.338 e. The monoisotopic (exact) mass is 673 g/mol. The first-order valence-electron chi connectivity index (χ1n) is 16.5. The molecule has 12 nitrogen and oxygen atoms in total. The lowest BCUT2D eigenvalue weighted by molar-refractivity contribution is -0.119. The highest BCUT2D eigenvalue weighted by atomic mass is 16.5. The molecule has 260 valence electrons. The molecule has 0 spiro atoms. The van der Waals surface area contributed by atoms with Crippen molar-refractivity contribution in [3.63, 3.8) is 0 Å². The average molecular weight is 674 g/mol. The second kappa shape index (κ2) is 19.9. The van der Waals surface area contributed by atoms with Gasteiger partial charge in [0.05, 0.1) is 51.8 Å². The van der Waals surface area contributed by atoms with Gasteiger partial charge in [0.1, 0.15) is 22.9 Å². The summed E-state index contributed by atoms with van der Waals surface area (Å²) in [6.07, 6.45) is 2.01. The first kappa shape index (κ1) is 37.1. The predicted octanol–water partition coefficient (Wildman–Crippen LogP) is 7.25. The van der Waals surface area contributed by atoms with E-state index in [0.717, 1.165) is 10.9 Å². The molecule has 0 radical (unpaired) electrons. The average Bonchev–Trinajstić information content (AvgIpc) is 3.10. The molecule has 0 aromatic heterocycles. The van der Waals surface area contributed by atoms with Gasteiger partial charge in [0.25, 0.3) is 0 Å². The molecule has 0 atom stereocenters. The number of hydrogen-bond donors (Lipinski definition) is 0. The molecule has 0 fully saturated rings. The number of Topliss-reactive ketones (excluding diaryl/α,β-unsaturated/α-hetero) is 1. The molecule has 0 N–H and O–H groups in total. The van der Waals surface area contributed by atoms with Crippen molar-refractivity contribution in [2.24, 2.45) is 11.0 Å². The van der Waals surface area contributed by atoms with Gasteiger partial charge in [-0.05, 0) is 60.2 Å². The number of hydrogen-bond acceptors (Lipinski definition) is 10. The van der Waals surface area contributed by atoms with E-state index in [1.807, 2.05) is 38.1 Å². The Kier molecular flexibility index (Phi) is 15.1. The van der Waals surface area contributed by atoms with Crippen molar-refractivity contribution in [2.75, 3.05) is 59.4 Å². The fourth-order valence-electron chi connectivity index (χ4n) is 5.08. The molecule has 4 rings (SSSR count). The normalized spacial score (nSPS) is 11.2. The Morgan fingerprint density at radius 2 is 1.55 bits per heavy atom. The van der Waals surface area contributed by atoms with Crippen molar-refractivity contribution >= 4 is 22.7 Å². The van der Waals surface area contributed by atoms with Gasteiger partial charge in [-0.3, -0.25) is 9.59 Å². The summed E-state index contributed by atoms with van der Waals surface area (Å²) in [6, 6.07) is 17.4. The van der Waals surface area contributed by atoms with Gasteiger partial charge in [-0.15, -0.1) is 0 Å². The number of benzene rings is 3. The molecule has 12 heteroatoms. The number of carbonyl (C=O) groups is 2. The van der Waals surface area contributed by atoms with Gasteiger partial charge in [0.2, 0.25) is 0 Å². The SMILES string of the molecule is CC(C)COC(=O)c1ccccc1-c1c2ccc(=O)cc-2oc2cc(OCCCC(=O)CCCOCCOCCOCCN=[N+]=[N-])ccc12. The predicted molar refractivity (Wildman–Crippen MR) is 185 cm³/mol. The highest BCUT2D eigenvalue weighted by Gasteiger charge is 2.22. The quantitative estimate of drug-likeness (QED) is 0.0209. The van der Waals surface area contributed by atoms with Gasteiger partial charge in [0, 0.05) is 59.6 Å². The molecule has 2 aromatic rings. The number of azide groups is 1. The van der Waals surface area contributed by atoms with Gasteiger partial charge in [-0.2, -0.15) is 0 Å². The van der Waals surface area contributed by atoms with Crippen LogP contribution in [-0.2, 0) is 23.7 Å². The second-order valence-corrected chi connectivity index (χ2v) is 11.7. The van der Waals surface area contributed by atoms with Crippen LogP contribution in [0.1, 0.15) is 49.9 Å². The van der Waals surface area contributed by atoms with Crippen LogP contribution in [0, 0.1) is 5.92 Å². The van der Waals surface area contributed by atoms with Gasteiger partial charge >= 0.3 is 5.97 Å². The molecule has 0 bridgehead atoms. The van der Waals surface area contributed by atoms with Crippen molar-refractivity contribution < 1.29 is 37.7 Å². The van der Waals surface area contributed by atoms with E-state index in [1.54, 1.807) is 24.3 Å². The van der Waals surface area contributed by atoms with Gasteiger partial charge < -0.3 is 28.1 Å². The Balaban J connectivity index is 1.28. The van der Waals surface area contributed by atoms with Gasteiger partial charge in [-0.25, -0.2) is 4.79 Å². The Hall–Kier alpha value is -4.74. The zero-order chi connectivity index (χ0) is 34.8. The molecular weight excluding hydrogens is 630 g/mol. The lowest BCUT2D eigenvalue weighted by atomic mass is 9.91. The van der Waals surface area contributed by atoms with Crippen LogP contribution < -0.4 is 10.2 Å². The Labute approximate surface area is 285 Å². The van der Waals surface area contributed by atoms with Crippen LogP contribution >= 0.6 is 0 Å². The number of nitrogens with zero attached hydrogens (tertiary/aromatic N) is 3. The van der Waals surface area contributed by atoms with E-state index >= 15 is 0 Å². The third-order valence-corrected chi connectivity index (χ3v) is 7.38. The lowest BCUT2D eigenvalue weighted by Crippen LogP contribution is -2.11. The zero-order valence-corrected chi connectivity index (χ0v) is 28.1. The molecule has 1 aliphatic carbocycles. The molecule has 2 aliphatic rings. The van der Waals surface area contributed by atoms with E-state index in [2.05, 4.69) is 10.0 Å². The van der Waals surface area contributed by atoms with E-state index in [0.29, 0.717) is 119 Å². The largest absolute Gasteiger partial charge is 0.493 e. The van der Waals surface area contributed by atoms with E-state index in [-0.39, 0.29) is 17.1 Å². The minimum absolute atomic E-state index is 0.143. The third-order valence-electron chi connectivity index (χ3n) is 7.38. The topological polar surface area (TPSA) is 159 Å². The van der Waals surface area contributed by atoms with Crippen LogP contribution in [0.3, 0.4) is 0 Å². The zero-order valence-electron chi connectivity index (χ0n) is 28.1. The van der Waals surface area contributed by atoms with Crippen LogP contribution in [0.4, 0.5) is 0 Å². The molecular formula is C37H43N3O9. The molecule has 1 aliphatic heterocycles. The van der Waals surface area contributed by atoms with E-state index < -0.39 is 5.97 Å². The maximum absolute atomic E-state index is 13.1. The van der Waals surface area contributed by atoms with E-state index in [1.165, 1.54) is 12.1 Å². The van der Waals surface area contributed by atoms with E-state index in [4.69, 9.17) is 33.6 Å². The first-order valence-corrected chi connectivity index (χ1v) is 16.5. The number of ketones is 1. The fraction of sp³-hybridized carbons (Fsp3) is 0.432. The summed E-state index contributed by atoms with van der Waals surface area (Å²) in [5.74, 6) is 0.874. The number of carbonyl (C=O) groups excluding carboxylic acids is 2. The number of fused-ring (bicyclic) bond motifs is 2. The fourth-order valence-corrected chi connectivity index (χ4v) is 5.08. The summed E-state index contributed by atoms with van der Waals surface area (Å²) in [4.78, 5) is 40.4. The summed E-state index contributed by atoms with van der Waals surface area (Å²) in [6.45, 7) is 7.47. The number of esters is 1. The van der Waals surface area contributed by atoms with Crippen LogP contribution in [0.25, 0.3) is 43.9 Å². The number of ether oxygens (including phenoxy) is 5. The van der Waals surface area contributed by atoms with E-state index in [9.17, 15) is 14.4 Å². The van der Waals surface area contributed by atoms with Crippen LogP contribution in [0.5, 0.6) is 5.75 Å². The Bertz CT molecular complexity index is 1750. The Morgan fingerprint density at radius 1 is 0.837 bits per heavy atom. The third kappa shape index (κ3) is 11.7. The highest BCUT2D eigenvalue weighted by molar-refractivity contribution is 6.07. The second-order valence-electron chi connectivity index (χ2n) is 11.7. The summed E-state index contributed by atoms with van der Waals surface area (Å²) in [7, 11) is 0. The van der Waals surface area contributed by atoms with Crippen molar-refractivity contribution in [1.82, 2.24) is 0 Å². The molecule has 0 amide bonds. The Morgan fingerprint density at radius 3 is 2.31 bits per heavy atom.